The quantitative estimate of drug-likeness (QED) is 0.244. The first-order chi connectivity index (χ1) is 11.8. The third-order valence-corrected chi connectivity index (χ3v) is 4.70. The molecule has 0 fully saturated rings. The van der Waals surface area contributed by atoms with Gasteiger partial charge >= 0.3 is 0 Å². The van der Waals surface area contributed by atoms with Crippen molar-refractivity contribution in [2.45, 2.75) is 84.5 Å². The lowest BCUT2D eigenvalue weighted by Gasteiger charge is -2.24. The summed E-state index contributed by atoms with van der Waals surface area (Å²) in [5.41, 5.74) is 2.90. The summed E-state index contributed by atoms with van der Waals surface area (Å²) in [6, 6.07) is 9.35. The molecule has 1 aromatic carbocycles. The Morgan fingerprint density at radius 1 is 0.792 bits per heavy atom. The van der Waals surface area contributed by atoms with E-state index in [9.17, 15) is 0 Å². The Hall–Kier alpha value is -1.24. The van der Waals surface area contributed by atoms with Crippen LogP contribution in [0.15, 0.2) is 36.9 Å². The molecule has 136 valence electrons. The van der Waals surface area contributed by atoms with Crippen molar-refractivity contribution in [3.05, 3.63) is 42.5 Å². The van der Waals surface area contributed by atoms with Gasteiger partial charge in [0.15, 0.2) is 0 Å². The molecule has 0 spiro atoms. The lowest BCUT2D eigenvalue weighted by atomic mass is 10.1. The highest BCUT2D eigenvalue weighted by atomic mass is 15.1. The molecule has 24 heavy (non-hydrogen) atoms. The van der Waals surface area contributed by atoms with Crippen molar-refractivity contribution < 1.29 is 0 Å². The summed E-state index contributed by atoms with van der Waals surface area (Å²) in [6.07, 6.45) is 16.3. The molecule has 0 aromatic heterocycles. The van der Waals surface area contributed by atoms with Crippen molar-refractivity contribution in [1.82, 2.24) is 0 Å². The van der Waals surface area contributed by atoms with Crippen LogP contribution in [0.2, 0.25) is 0 Å². The van der Waals surface area contributed by atoms with Gasteiger partial charge in [-0.1, -0.05) is 64.2 Å². The zero-order chi connectivity index (χ0) is 17.5. The van der Waals surface area contributed by atoms with Gasteiger partial charge in [0, 0.05) is 18.8 Å². The second-order valence-electron chi connectivity index (χ2n) is 6.96. The van der Waals surface area contributed by atoms with Crippen molar-refractivity contribution in [3.8, 4) is 0 Å². The molecule has 1 rings (SSSR count). The van der Waals surface area contributed by atoms with Gasteiger partial charge in [0.1, 0.15) is 0 Å². The van der Waals surface area contributed by atoms with Crippen LogP contribution in [0.25, 0.3) is 0 Å². The first kappa shape index (κ1) is 20.8. The van der Waals surface area contributed by atoms with Crippen molar-refractivity contribution in [3.63, 3.8) is 0 Å². The van der Waals surface area contributed by atoms with Crippen LogP contribution in [0.3, 0.4) is 0 Å². The lowest BCUT2D eigenvalue weighted by molar-refractivity contribution is 0.625. The zero-order valence-corrected chi connectivity index (χ0v) is 16.2. The molecule has 0 radical (unpaired) electrons. The minimum absolute atomic E-state index is 1.17. The Labute approximate surface area is 151 Å². The van der Waals surface area contributed by atoms with Gasteiger partial charge in [-0.3, -0.25) is 0 Å². The zero-order valence-electron chi connectivity index (χ0n) is 16.2. The van der Waals surface area contributed by atoms with Gasteiger partial charge in [0.05, 0.1) is 0 Å². The van der Waals surface area contributed by atoms with Crippen molar-refractivity contribution in [2.75, 3.05) is 18.0 Å². The number of anilines is 1. The molecule has 1 nitrogen and oxygen atoms in total. The van der Waals surface area contributed by atoms with Gasteiger partial charge in [-0.2, -0.15) is 0 Å². The van der Waals surface area contributed by atoms with Gasteiger partial charge in [0.25, 0.3) is 0 Å². The van der Waals surface area contributed by atoms with Crippen LogP contribution in [0, 0.1) is 0 Å². The lowest BCUT2D eigenvalue weighted by Crippen LogP contribution is -2.25. The normalized spacial score (nSPS) is 10.8. The summed E-state index contributed by atoms with van der Waals surface area (Å²) in [4.78, 5) is 2.56. The van der Waals surface area contributed by atoms with E-state index in [1.165, 1.54) is 95.0 Å². The maximum absolute atomic E-state index is 3.80. The molecule has 0 aliphatic rings. The van der Waals surface area contributed by atoms with Gasteiger partial charge < -0.3 is 4.90 Å². The Morgan fingerprint density at radius 2 is 1.50 bits per heavy atom. The van der Waals surface area contributed by atoms with E-state index in [1.807, 2.05) is 6.08 Å². The first-order valence-corrected chi connectivity index (χ1v) is 10.3. The fourth-order valence-corrected chi connectivity index (χ4v) is 3.21. The van der Waals surface area contributed by atoms with Crippen molar-refractivity contribution in [1.29, 1.82) is 0 Å². The first-order valence-electron chi connectivity index (χ1n) is 10.3. The van der Waals surface area contributed by atoms with Gasteiger partial charge in [-0.25, -0.2) is 0 Å². The number of hydrogen-bond donors (Lipinski definition) is 0. The minimum atomic E-state index is 1.17. The topological polar surface area (TPSA) is 3.24 Å². The third-order valence-electron chi connectivity index (χ3n) is 4.70. The molecule has 0 heterocycles. The smallest absolute Gasteiger partial charge is 0.0366 e. The Balaban J connectivity index is 2.39. The number of allylic oxidation sites excluding steroid dienone is 1. The largest absolute Gasteiger partial charge is 0.372 e. The fourth-order valence-electron chi connectivity index (χ4n) is 3.21. The van der Waals surface area contributed by atoms with Crippen LogP contribution in [0.5, 0.6) is 0 Å². The molecule has 0 aliphatic carbocycles. The van der Waals surface area contributed by atoms with E-state index in [0.717, 1.165) is 0 Å². The predicted molar refractivity (Wildman–Crippen MR) is 110 cm³/mol. The van der Waals surface area contributed by atoms with Crippen LogP contribution in [0.1, 0.15) is 83.6 Å². The molecule has 0 unspecified atom stereocenters. The standard InChI is InChI=1S/C23H39N/c1-4-7-9-11-12-14-21-24(20-6-3)23-18-16-22(17-19-23)15-13-10-8-5-2/h4,16-19H,1,5-15,20-21H2,2-3H3. The van der Waals surface area contributed by atoms with E-state index in [0.29, 0.717) is 0 Å². The molecule has 0 aliphatic heterocycles. The van der Waals surface area contributed by atoms with Gasteiger partial charge in [0.2, 0.25) is 0 Å². The number of nitrogens with zero attached hydrogens (tertiary/aromatic N) is 1. The van der Waals surface area contributed by atoms with Gasteiger partial charge in [-0.05, 0) is 56.2 Å². The number of unbranched alkanes of at least 4 members (excludes halogenated alkanes) is 7. The van der Waals surface area contributed by atoms with Crippen LogP contribution in [-0.4, -0.2) is 13.1 Å². The molecular weight excluding hydrogens is 290 g/mol. The van der Waals surface area contributed by atoms with E-state index in [4.69, 9.17) is 0 Å². The highest BCUT2D eigenvalue weighted by Gasteiger charge is 2.05. The molecule has 0 bridgehead atoms. The number of hydrogen-bond acceptors (Lipinski definition) is 1. The van der Waals surface area contributed by atoms with Crippen molar-refractivity contribution >= 4 is 5.69 Å². The third kappa shape index (κ3) is 9.15. The van der Waals surface area contributed by atoms with E-state index < -0.39 is 0 Å². The maximum atomic E-state index is 3.80. The van der Waals surface area contributed by atoms with E-state index in [2.05, 4.69) is 49.6 Å². The fraction of sp³-hybridized carbons (Fsp3) is 0.652. The second-order valence-corrected chi connectivity index (χ2v) is 6.96. The van der Waals surface area contributed by atoms with Crippen LogP contribution < -0.4 is 4.90 Å². The Morgan fingerprint density at radius 3 is 2.17 bits per heavy atom. The Bertz CT molecular complexity index is 407. The van der Waals surface area contributed by atoms with Crippen molar-refractivity contribution in [2.24, 2.45) is 0 Å². The number of rotatable bonds is 15. The van der Waals surface area contributed by atoms with Crippen LogP contribution in [-0.2, 0) is 6.42 Å². The molecule has 1 aromatic rings. The monoisotopic (exact) mass is 329 g/mol. The number of benzene rings is 1. The Kier molecular flexibility index (Phi) is 12.3. The van der Waals surface area contributed by atoms with E-state index >= 15 is 0 Å². The molecule has 0 amide bonds. The molecule has 0 saturated carbocycles. The minimum Gasteiger partial charge on any atom is -0.372 e. The molecule has 0 atom stereocenters. The summed E-state index contributed by atoms with van der Waals surface area (Å²) < 4.78 is 0. The average Bonchev–Trinajstić information content (AvgIpc) is 2.61. The van der Waals surface area contributed by atoms with Crippen LogP contribution in [0.4, 0.5) is 5.69 Å². The predicted octanol–water partition coefficient (Wildman–Crippen LogP) is 7.16. The summed E-state index contributed by atoms with van der Waals surface area (Å²) >= 11 is 0. The van der Waals surface area contributed by atoms with E-state index in [-0.39, 0.29) is 0 Å². The van der Waals surface area contributed by atoms with Crippen LogP contribution >= 0.6 is 0 Å². The summed E-state index contributed by atoms with van der Waals surface area (Å²) in [7, 11) is 0. The maximum Gasteiger partial charge on any atom is 0.0366 e. The molecular formula is C23H39N. The molecule has 0 N–H and O–H groups in total. The highest BCUT2D eigenvalue weighted by molar-refractivity contribution is 5.47. The average molecular weight is 330 g/mol. The van der Waals surface area contributed by atoms with E-state index in [1.54, 1.807) is 0 Å². The highest BCUT2D eigenvalue weighted by Crippen LogP contribution is 2.18. The summed E-state index contributed by atoms with van der Waals surface area (Å²) in [6.45, 7) is 10.7. The SMILES string of the molecule is C=CCCCCCCN(CCC)c1ccc(CCCCCC)cc1. The summed E-state index contributed by atoms with van der Waals surface area (Å²) in [5, 5.41) is 0. The van der Waals surface area contributed by atoms with Gasteiger partial charge in [-0.15, -0.1) is 6.58 Å². The summed E-state index contributed by atoms with van der Waals surface area (Å²) in [5.74, 6) is 0. The second kappa shape index (κ2) is 14.1. The number of aryl methyl sites for hydroxylation is 1. The molecule has 0 saturated heterocycles. The molecule has 1 heteroatoms.